The molecule has 5 rings (SSSR count). The maximum atomic E-state index is 12.7. The largest absolute Gasteiger partial charge is 0.389 e. The molecule has 0 aromatic heterocycles. The van der Waals surface area contributed by atoms with Gasteiger partial charge in [-0.25, -0.2) is 0 Å². The number of rotatable bonds is 5. The lowest BCUT2D eigenvalue weighted by Gasteiger charge is -2.58. The van der Waals surface area contributed by atoms with Gasteiger partial charge in [0.2, 0.25) is 0 Å². The van der Waals surface area contributed by atoms with Crippen LogP contribution in [-0.2, 0) is 14.3 Å². The summed E-state index contributed by atoms with van der Waals surface area (Å²) in [5.41, 5.74) is 1.39. The number of Topliss-reactive ketones (excluding diaryl/α,β-unsaturated/α-hetero) is 1. The van der Waals surface area contributed by atoms with Gasteiger partial charge in [-0.2, -0.15) is 0 Å². The molecule has 168 valence electrons. The molecule has 5 aliphatic rings. The Morgan fingerprint density at radius 3 is 2.57 bits per heavy atom. The second-order valence-electron chi connectivity index (χ2n) is 11.1. The van der Waals surface area contributed by atoms with E-state index in [0.717, 1.165) is 64.4 Å². The standard InChI is InChI=1S/C26H40O4/c1-3-29-26(12-4-5-13-26)30-17-25-15-10-19(27)16-18(25)6-7-20-21-8-9-23(28)24(21,2)14-11-22(20)25/h16,19-22,27H,3-15,17H2,1-2H3/t19?,20-,21-,22+,24-,25+/m0/s1. The molecule has 4 fully saturated rings. The predicted octanol–water partition coefficient (Wildman–Crippen LogP) is 5.18. The van der Waals surface area contributed by atoms with E-state index >= 15 is 0 Å². The number of ketones is 1. The molecule has 0 aliphatic heterocycles. The number of ether oxygens (including phenoxy) is 2. The third kappa shape index (κ3) is 3.16. The van der Waals surface area contributed by atoms with Crippen LogP contribution < -0.4 is 0 Å². The van der Waals surface area contributed by atoms with Crippen molar-refractivity contribution in [3.63, 3.8) is 0 Å². The number of hydrogen-bond donors (Lipinski definition) is 1. The maximum absolute atomic E-state index is 12.7. The summed E-state index contributed by atoms with van der Waals surface area (Å²) in [5, 5.41) is 10.4. The lowest BCUT2D eigenvalue weighted by molar-refractivity contribution is -0.250. The Labute approximate surface area is 181 Å². The van der Waals surface area contributed by atoms with Gasteiger partial charge in [-0.15, -0.1) is 0 Å². The molecule has 0 bridgehead atoms. The van der Waals surface area contributed by atoms with E-state index in [1.165, 1.54) is 24.8 Å². The van der Waals surface area contributed by atoms with Gasteiger partial charge in [-0.05, 0) is 82.5 Å². The third-order valence-corrected chi connectivity index (χ3v) is 9.89. The summed E-state index contributed by atoms with van der Waals surface area (Å²) in [5.74, 6) is 1.86. The second-order valence-corrected chi connectivity index (χ2v) is 11.1. The zero-order chi connectivity index (χ0) is 21.0. The van der Waals surface area contributed by atoms with Gasteiger partial charge >= 0.3 is 0 Å². The van der Waals surface area contributed by atoms with E-state index in [2.05, 4.69) is 19.9 Å². The van der Waals surface area contributed by atoms with Crippen LogP contribution in [0.25, 0.3) is 0 Å². The van der Waals surface area contributed by atoms with Crippen molar-refractivity contribution in [2.75, 3.05) is 13.2 Å². The first-order valence-corrected chi connectivity index (χ1v) is 12.6. The van der Waals surface area contributed by atoms with Crippen molar-refractivity contribution in [3.8, 4) is 0 Å². The number of carbonyl (C=O) groups excluding carboxylic acids is 1. The van der Waals surface area contributed by atoms with Crippen LogP contribution in [-0.4, -0.2) is 36.0 Å². The number of aliphatic hydroxyl groups is 1. The van der Waals surface area contributed by atoms with Crippen molar-refractivity contribution in [2.24, 2.45) is 28.6 Å². The molecule has 6 atom stereocenters. The van der Waals surface area contributed by atoms with E-state index in [1.807, 2.05) is 0 Å². The minimum Gasteiger partial charge on any atom is -0.389 e. The predicted molar refractivity (Wildman–Crippen MR) is 116 cm³/mol. The Kier molecular flexibility index (Phi) is 5.43. The van der Waals surface area contributed by atoms with E-state index in [1.54, 1.807) is 0 Å². The van der Waals surface area contributed by atoms with Gasteiger partial charge in [0.15, 0.2) is 5.79 Å². The minimum atomic E-state index is -0.399. The monoisotopic (exact) mass is 416 g/mol. The zero-order valence-electron chi connectivity index (χ0n) is 19.0. The SMILES string of the molecule is CCOC1(OC[C@]23CCC(O)C=C2CC[C@@H]2[C@H]3CC[C@]3(C)C(=O)CC[C@@H]23)CCCC1. The Balaban J connectivity index is 1.45. The van der Waals surface area contributed by atoms with Crippen LogP contribution in [0, 0.1) is 28.6 Å². The molecular weight excluding hydrogens is 376 g/mol. The summed E-state index contributed by atoms with van der Waals surface area (Å²) in [6.07, 6.45) is 14.3. The Hall–Kier alpha value is -0.710. The van der Waals surface area contributed by atoms with E-state index < -0.39 is 5.79 Å². The molecule has 0 amide bonds. The van der Waals surface area contributed by atoms with Crippen LogP contribution in [0.1, 0.15) is 90.9 Å². The van der Waals surface area contributed by atoms with Gasteiger partial charge in [0, 0.05) is 36.7 Å². The van der Waals surface area contributed by atoms with Crippen LogP contribution in [0.15, 0.2) is 11.6 Å². The molecule has 30 heavy (non-hydrogen) atoms. The summed E-state index contributed by atoms with van der Waals surface area (Å²) in [6, 6.07) is 0. The van der Waals surface area contributed by atoms with Crippen LogP contribution in [0.5, 0.6) is 0 Å². The summed E-state index contributed by atoms with van der Waals surface area (Å²) in [4.78, 5) is 12.7. The first-order valence-electron chi connectivity index (χ1n) is 12.6. The summed E-state index contributed by atoms with van der Waals surface area (Å²) < 4.78 is 12.9. The van der Waals surface area contributed by atoms with Crippen LogP contribution >= 0.6 is 0 Å². The molecule has 0 heterocycles. The van der Waals surface area contributed by atoms with Gasteiger partial charge in [0.25, 0.3) is 0 Å². The Morgan fingerprint density at radius 1 is 1.00 bits per heavy atom. The van der Waals surface area contributed by atoms with E-state index in [-0.39, 0.29) is 16.9 Å². The molecule has 0 saturated heterocycles. The van der Waals surface area contributed by atoms with Gasteiger partial charge in [0.1, 0.15) is 5.78 Å². The van der Waals surface area contributed by atoms with Crippen molar-refractivity contribution >= 4 is 5.78 Å². The van der Waals surface area contributed by atoms with Gasteiger partial charge in [0.05, 0.1) is 12.7 Å². The fraction of sp³-hybridized carbons (Fsp3) is 0.885. The first kappa shape index (κ1) is 21.2. The van der Waals surface area contributed by atoms with Gasteiger partial charge in [-0.3, -0.25) is 4.79 Å². The highest BCUT2D eigenvalue weighted by Gasteiger charge is 2.60. The highest BCUT2D eigenvalue weighted by Crippen LogP contribution is 2.65. The normalized spacial score (nSPS) is 44.9. The number of fused-ring (bicyclic) bond motifs is 5. The summed E-state index contributed by atoms with van der Waals surface area (Å²) in [7, 11) is 0. The summed E-state index contributed by atoms with van der Waals surface area (Å²) in [6.45, 7) is 5.75. The Bertz CT molecular complexity index is 708. The molecule has 0 aromatic rings. The molecule has 1 N–H and O–H groups in total. The first-order chi connectivity index (χ1) is 14.4. The number of hydrogen-bond acceptors (Lipinski definition) is 4. The molecule has 1 unspecified atom stereocenters. The average molecular weight is 417 g/mol. The second kappa shape index (κ2) is 7.71. The smallest absolute Gasteiger partial charge is 0.168 e. The number of carbonyl (C=O) groups is 1. The lowest BCUT2D eigenvalue weighted by Crippen LogP contribution is -2.54. The molecule has 5 aliphatic carbocycles. The van der Waals surface area contributed by atoms with Gasteiger partial charge in [-0.1, -0.05) is 18.6 Å². The maximum Gasteiger partial charge on any atom is 0.168 e. The zero-order valence-corrected chi connectivity index (χ0v) is 19.0. The topological polar surface area (TPSA) is 55.8 Å². The average Bonchev–Trinajstić information content (AvgIpc) is 3.32. The van der Waals surface area contributed by atoms with Crippen LogP contribution in [0.2, 0.25) is 0 Å². The molecule has 0 spiro atoms. The molecule has 0 aromatic carbocycles. The Morgan fingerprint density at radius 2 is 1.80 bits per heavy atom. The molecule has 4 saturated carbocycles. The van der Waals surface area contributed by atoms with Crippen molar-refractivity contribution in [2.45, 2.75) is 103 Å². The van der Waals surface area contributed by atoms with Crippen molar-refractivity contribution < 1.29 is 19.4 Å². The highest BCUT2D eigenvalue weighted by atomic mass is 16.7. The third-order valence-electron chi connectivity index (χ3n) is 9.89. The van der Waals surface area contributed by atoms with Crippen LogP contribution in [0.3, 0.4) is 0 Å². The van der Waals surface area contributed by atoms with Crippen molar-refractivity contribution in [1.29, 1.82) is 0 Å². The van der Waals surface area contributed by atoms with E-state index in [4.69, 9.17) is 9.47 Å². The quantitative estimate of drug-likeness (QED) is 0.495. The van der Waals surface area contributed by atoms with E-state index in [9.17, 15) is 9.90 Å². The molecule has 4 nitrogen and oxygen atoms in total. The van der Waals surface area contributed by atoms with Crippen molar-refractivity contribution in [1.82, 2.24) is 0 Å². The van der Waals surface area contributed by atoms with Gasteiger partial charge < -0.3 is 14.6 Å². The molecule has 0 radical (unpaired) electrons. The van der Waals surface area contributed by atoms with E-state index in [0.29, 0.717) is 30.1 Å². The molecular formula is C26H40O4. The fourth-order valence-electron chi connectivity index (χ4n) is 8.31. The lowest BCUT2D eigenvalue weighted by atomic mass is 9.47. The number of aliphatic hydroxyl groups excluding tert-OH is 1. The van der Waals surface area contributed by atoms with Crippen LogP contribution in [0.4, 0.5) is 0 Å². The molecule has 4 heteroatoms. The highest BCUT2D eigenvalue weighted by molar-refractivity contribution is 5.87. The summed E-state index contributed by atoms with van der Waals surface area (Å²) >= 11 is 0. The fourth-order valence-corrected chi connectivity index (χ4v) is 8.31. The minimum absolute atomic E-state index is 0.0296. The van der Waals surface area contributed by atoms with Crippen molar-refractivity contribution in [3.05, 3.63) is 11.6 Å².